The van der Waals surface area contributed by atoms with Gasteiger partial charge in [0.05, 0.1) is 27.2 Å². The van der Waals surface area contributed by atoms with Crippen molar-refractivity contribution in [2.24, 2.45) is 0 Å². The van der Waals surface area contributed by atoms with Crippen LogP contribution in [0.25, 0.3) is 22.4 Å². The molecule has 34 heavy (non-hydrogen) atoms. The maximum absolute atomic E-state index is 12.0. The minimum atomic E-state index is -1.54. The summed E-state index contributed by atoms with van der Waals surface area (Å²) in [5, 5.41) is 23.3. The number of hydrogen-bond donors (Lipinski definition) is 4. The largest absolute Gasteiger partial charge is 0.476 e. The van der Waals surface area contributed by atoms with E-state index in [4.69, 9.17) is 9.84 Å². The second-order valence-electron chi connectivity index (χ2n) is 7.17. The van der Waals surface area contributed by atoms with E-state index in [0.29, 0.717) is 5.69 Å². The highest BCUT2D eigenvalue weighted by Gasteiger charge is 2.22. The van der Waals surface area contributed by atoms with E-state index in [1.807, 2.05) is 19.1 Å². The Hall–Kier alpha value is -5.07. The van der Waals surface area contributed by atoms with Crippen LogP contribution in [0.3, 0.4) is 0 Å². The third-order valence-corrected chi connectivity index (χ3v) is 4.74. The minimum Gasteiger partial charge on any atom is -0.476 e. The number of nitro benzene ring substituents is 1. The molecule has 4 aromatic rings. The van der Waals surface area contributed by atoms with Gasteiger partial charge in [-0.3, -0.25) is 20.2 Å². The van der Waals surface area contributed by atoms with Crippen molar-refractivity contribution in [1.82, 2.24) is 19.9 Å². The molecule has 13 nitrogen and oxygen atoms in total. The lowest BCUT2D eigenvalue weighted by molar-refractivity contribution is -0.384. The zero-order chi connectivity index (χ0) is 24.4. The number of aryl methyl sites for hydroxylation is 1. The molecule has 4 N–H and O–H groups in total. The van der Waals surface area contributed by atoms with Crippen LogP contribution in [0.4, 0.5) is 16.2 Å². The van der Waals surface area contributed by atoms with Crippen LogP contribution in [0, 0.1) is 17.0 Å². The van der Waals surface area contributed by atoms with Crippen molar-refractivity contribution in [3.05, 3.63) is 80.0 Å². The molecule has 0 radical (unpaired) electrons. The highest BCUT2D eigenvalue weighted by atomic mass is 16.6. The molecule has 2 aromatic heterocycles. The number of nitrogens with one attached hydrogen (secondary N) is 3. The number of hydrogen-bond acceptors (Lipinski definition) is 8. The summed E-state index contributed by atoms with van der Waals surface area (Å²) in [6.07, 6.45) is 0.699. The first-order chi connectivity index (χ1) is 16.2. The van der Waals surface area contributed by atoms with Crippen molar-refractivity contribution in [1.29, 1.82) is 0 Å². The minimum absolute atomic E-state index is 0.00347. The van der Waals surface area contributed by atoms with Crippen molar-refractivity contribution >= 4 is 34.5 Å². The average molecular weight is 464 g/mol. The lowest BCUT2D eigenvalue weighted by Gasteiger charge is -2.06. The van der Waals surface area contributed by atoms with Gasteiger partial charge < -0.3 is 19.8 Å². The van der Waals surface area contributed by atoms with E-state index in [2.05, 4.69) is 25.3 Å². The van der Waals surface area contributed by atoms with E-state index in [1.165, 1.54) is 12.3 Å². The Labute approximate surface area is 189 Å². The van der Waals surface area contributed by atoms with Crippen molar-refractivity contribution in [3.8, 4) is 11.4 Å². The van der Waals surface area contributed by atoms with Crippen LogP contribution >= 0.6 is 0 Å². The molecule has 172 valence electrons. The number of ether oxygens (including phenoxy) is 1. The van der Waals surface area contributed by atoms with Gasteiger partial charge >= 0.3 is 12.1 Å². The second-order valence-corrected chi connectivity index (χ2v) is 7.17. The molecular formula is C21H16N6O7. The number of rotatable bonds is 6. The summed E-state index contributed by atoms with van der Waals surface area (Å²) < 4.78 is 5.13. The Morgan fingerprint density at radius 3 is 2.62 bits per heavy atom. The number of aromatic amines is 2. The molecule has 4 rings (SSSR count). The third-order valence-electron chi connectivity index (χ3n) is 4.74. The van der Waals surface area contributed by atoms with Gasteiger partial charge in [0.2, 0.25) is 5.69 Å². The van der Waals surface area contributed by atoms with Crippen LogP contribution in [-0.2, 0) is 11.3 Å². The fourth-order valence-corrected chi connectivity index (χ4v) is 3.11. The zero-order valence-electron chi connectivity index (χ0n) is 17.5. The van der Waals surface area contributed by atoms with Gasteiger partial charge in [-0.2, -0.15) is 0 Å². The van der Waals surface area contributed by atoms with Gasteiger partial charge in [0.25, 0.3) is 11.2 Å². The standard InChI is InChI=1S/C21H16N6O7/c1-10-2-4-11(5-3-10)24-21(31)34-9-12-8-22-18(23-12)13-6-14-15(7-16(13)27(32)33)26-19(28)17(25-14)20(29)30/h2-8H,9H2,1H3,(H,22,23)(H,24,31)(H,26,28)(H,29,30). The summed E-state index contributed by atoms with van der Waals surface area (Å²) in [4.78, 5) is 59.0. The smallest absolute Gasteiger partial charge is 0.412 e. The maximum atomic E-state index is 12.0. The van der Waals surface area contributed by atoms with Gasteiger partial charge in [-0.15, -0.1) is 0 Å². The highest BCUT2D eigenvalue weighted by Crippen LogP contribution is 2.31. The summed E-state index contributed by atoms with van der Waals surface area (Å²) in [7, 11) is 0. The quantitative estimate of drug-likeness (QED) is 0.245. The fourth-order valence-electron chi connectivity index (χ4n) is 3.11. The number of carbonyl (C=O) groups excluding carboxylic acids is 1. The van der Waals surface area contributed by atoms with E-state index in [-0.39, 0.29) is 34.7 Å². The monoisotopic (exact) mass is 464 g/mol. The Balaban J connectivity index is 1.58. The Morgan fingerprint density at radius 1 is 1.21 bits per heavy atom. The lowest BCUT2D eigenvalue weighted by Crippen LogP contribution is -2.19. The van der Waals surface area contributed by atoms with Crippen molar-refractivity contribution < 1.29 is 24.4 Å². The van der Waals surface area contributed by atoms with Gasteiger partial charge in [-0.05, 0) is 25.1 Å². The normalized spacial score (nSPS) is 10.7. The summed E-state index contributed by atoms with van der Waals surface area (Å²) in [5.41, 5.74) is -0.246. The molecular weight excluding hydrogens is 448 g/mol. The number of aromatic carboxylic acids is 1. The summed E-state index contributed by atoms with van der Waals surface area (Å²) in [6.45, 7) is 1.70. The first-order valence-electron chi connectivity index (χ1n) is 9.72. The van der Waals surface area contributed by atoms with Crippen molar-refractivity contribution in [2.75, 3.05) is 5.32 Å². The summed E-state index contributed by atoms with van der Waals surface area (Å²) in [6, 6.07) is 9.41. The SMILES string of the molecule is Cc1ccc(NC(=O)OCc2c[nH]c(-c3cc4nc(C(=O)O)c(=O)[nH]c4cc3[N+](=O)[O-])n2)cc1. The fraction of sp³-hybridized carbons (Fsp3) is 0.0952. The van der Waals surface area contributed by atoms with Crippen LogP contribution in [-0.4, -0.2) is 42.0 Å². The van der Waals surface area contributed by atoms with Crippen LogP contribution < -0.4 is 10.9 Å². The molecule has 0 aliphatic heterocycles. The molecule has 2 aromatic carbocycles. The molecule has 0 saturated heterocycles. The van der Waals surface area contributed by atoms with Gasteiger partial charge in [0.1, 0.15) is 12.4 Å². The van der Waals surface area contributed by atoms with Crippen LogP contribution in [0.2, 0.25) is 0 Å². The first kappa shape index (κ1) is 22.1. The predicted octanol–water partition coefficient (Wildman–Crippen LogP) is 2.98. The molecule has 0 spiro atoms. The molecule has 0 fully saturated rings. The topological polar surface area (TPSA) is 193 Å². The molecule has 1 amide bonds. The average Bonchev–Trinajstić information content (AvgIpc) is 3.26. The Morgan fingerprint density at radius 2 is 1.94 bits per heavy atom. The second kappa shape index (κ2) is 8.82. The number of benzene rings is 2. The number of amides is 1. The highest BCUT2D eigenvalue weighted by molar-refractivity contribution is 5.90. The number of carbonyl (C=O) groups is 2. The number of anilines is 1. The summed E-state index contributed by atoms with van der Waals surface area (Å²) >= 11 is 0. The van der Waals surface area contributed by atoms with E-state index >= 15 is 0 Å². The number of fused-ring (bicyclic) bond motifs is 1. The molecule has 0 saturated carbocycles. The van der Waals surface area contributed by atoms with Crippen LogP contribution in [0.15, 0.2) is 47.4 Å². The predicted molar refractivity (Wildman–Crippen MR) is 119 cm³/mol. The molecule has 0 aliphatic rings. The number of imidazole rings is 1. The lowest BCUT2D eigenvalue weighted by atomic mass is 10.1. The Kier molecular flexibility index (Phi) is 5.74. The molecule has 13 heteroatoms. The van der Waals surface area contributed by atoms with Gasteiger partial charge in [-0.1, -0.05) is 17.7 Å². The zero-order valence-corrected chi connectivity index (χ0v) is 17.5. The molecule has 0 atom stereocenters. The molecule has 0 aliphatic carbocycles. The van der Waals surface area contributed by atoms with E-state index in [1.54, 1.807) is 12.1 Å². The number of nitrogens with zero attached hydrogens (tertiary/aromatic N) is 3. The number of carboxylic acid groups (broad SMARTS) is 1. The molecule has 0 bridgehead atoms. The van der Waals surface area contributed by atoms with Crippen molar-refractivity contribution in [3.63, 3.8) is 0 Å². The third kappa shape index (κ3) is 4.57. The van der Waals surface area contributed by atoms with Crippen molar-refractivity contribution in [2.45, 2.75) is 13.5 Å². The van der Waals surface area contributed by atoms with E-state index < -0.39 is 33.9 Å². The molecule has 2 heterocycles. The number of aromatic nitrogens is 4. The summed E-state index contributed by atoms with van der Waals surface area (Å²) in [5.74, 6) is -1.47. The number of H-pyrrole nitrogens is 2. The van der Waals surface area contributed by atoms with Crippen LogP contribution in [0.1, 0.15) is 21.7 Å². The van der Waals surface area contributed by atoms with Gasteiger partial charge in [0.15, 0.2) is 0 Å². The Bertz CT molecular complexity index is 1490. The van der Waals surface area contributed by atoms with Crippen LogP contribution in [0.5, 0.6) is 0 Å². The van der Waals surface area contributed by atoms with E-state index in [0.717, 1.165) is 11.6 Å². The number of carboxylic acids is 1. The van der Waals surface area contributed by atoms with Gasteiger partial charge in [0, 0.05) is 18.0 Å². The number of nitro groups is 1. The molecule has 0 unspecified atom stereocenters. The maximum Gasteiger partial charge on any atom is 0.412 e. The van der Waals surface area contributed by atoms with E-state index in [9.17, 15) is 24.5 Å². The van der Waals surface area contributed by atoms with Gasteiger partial charge in [-0.25, -0.2) is 19.6 Å². The first-order valence-corrected chi connectivity index (χ1v) is 9.72.